The summed E-state index contributed by atoms with van der Waals surface area (Å²) in [7, 11) is -4.52. The highest BCUT2D eigenvalue weighted by atomic mass is 31.2. The fourth-order valence-corrected chi connectivity index (χ4v) is 9.12. The first-order chi connectivity index (χ1) is 32.3. The lowest BCUT2D eigenvalue weighted by Crippen LogP contribution is -2.29. The minimum absolute atomic E-state index is 0.0535. The summed E-state index contributed by atoms with van der Waals surface area (Å²) in [5.74, 6) is -0.375. The van der Waals surface area contributed by atoms with Crippen LogP contribution in [0, 0.1) is 0 Å². The van der Waals surface area contributed by atoms with Crippen LogP contribution in [0.5, 0.6) is 0 Å². The third kappa shape index (κ3) is 52.3. The summed E-state index contributed by atoms with van der Waals surface area (Å²) < 4.78 is 33.6. The number of esters is 1. The van der Waals surface area contributed by atoms with Crippen LogP contribution in [0.4, 0.5) is 0 Å². The van der Waals surface area contributed by atoms with E-state index >= 15 is 0 Å². The number of unbranched alkanes of at least 4 members (excludes halogenated alkanes) is 37. The predicted molar refractivity (Wildman–Crippen MR) is 279 cm³/mol. The zero-order valence-electron chi connectivity index (χ0n) is 43.4. The molecule has 3 unspecified atom stereocenters. The number of phosphoric acid groups is 1. The molecule has 0 aliphatic heterocycles. The minimum atomic E-state index is -4.52. The topological polar surface area (TPSA) is 132 Å². The quantitative estimate of drug-likeness (QED) is 0.0236. The molecular formula is C56H109O9P. The van der Waals surface area contributed by atoms with E-state index in [1.807, 2.05) is 0 Å². The highest BCUT2D eigenvalue weighted by Crippen LogP contribution is 2.43. The second-order valence-corrected chi connectivity index (χ2v) is 20.8. The number of hydrogen-bond donors (Lipinski definition) is 3. The van der Waals surface area contributed by atoms with Crippen LogP contribution in [-0.2, 0) is 27.9 Å². The maximum atomic E-state index is 12.7. The molecule has 0 aromatic carbocycles. The molecular weight excluding hydrogens is 848 g/mol. The average molecular weight is 957 g/mol. The number of carbonyl (C=O) groups is 1. The monoisotopic (exact) mass is 957 g/mol. The lowest BCUT2D eigenvalue weighted by molar-refractivity contribution is -0.154. The first-order valence-corrected chi connectivity index (χ1v) is 29.8. The van der Waals surface area contributed by atoms with E-state index in [0.717, 1.165) is 44.9 Å². The molecule has 9 nitrogen and oxygen atoms in total. The Labute approximate surface area is 408 Å². The number of carbonyl (C=O) groups excluding carboxylic acids is 1. The second kappa shape index (κ2) is 53.3. The third-order valence-corrected chi connectivity index (χ3v) is 13.6. The second-order valence-electron chi connectivity index (χ2n) is 19.3. The zero-order chi connectivity index (χ0) is 48.1. The summed E-state index contributed by atoms with van der Waals surface area (Å²) >= 11 is 0. The zero-order valence-corrected chi connectivity index (χ0v) is 44.3. The molecule has 10 heteroatoms. The summed E-state index contributed by atoms with van der Waals surface area (Å²) in [6, 6.07) is 0. The van der Waals surface area contributed by atoms with Gasteiger partial charge in [0.25, 0.3) is 0 Å². The Morgan fingerprint density at radius 1 is 0.470 bits per heavy atom. The summed E-state index contributed by atoms with van der Waals surface area (Å²) in [6.07, 6.45) is 60.1. The van der Waals surface area contributed by atoms with Crippen LogP contribution in [0.25, 0.3) is 0 Å². The molecule has 3 N–H and O–H groups in total. The number of allylic oxidation sites excluding steroid dienone is 4. The van der Waals surface area contributed by atoms with Gasteiger partial charge in [0.1, 0.15) is 12.2 Å². The van der Waals surface area contributed by atoms with Crippen molar-refractivity contribution in [2.24, 2.45) is 0 Å². The summed E-state index contributed by atoms with van der Waals surface area (Å²) in [5.41, 5.74) is 0. The molecule has 0 saturated heterocycles. The van der Waals surface area contributed by atoms with Crippen molar-refractivity contribution in [3.8, 4) is 0 Å². The Balaban J connectivity index is 3.98. The van der Waals surface area contributed by atoms with Crippen LogP contribution in [0.15, 0.2) is 24.3 Å². The maximum Gasteiger partial charge on any atom is 0.472 e. The Kier molecular flexibility index (Phi) is 52.4. The van der Waals surface area contributed by atoms with Crippen LogP contribution >= 0.6 is 7.82 Å². The Bertz CT molecular complexity index is 1090. The number of rotatable bonds is 55. The molecule has 0 spiro atoms. The Hall–Kier alpha value is -1.06. The molecule has 0 radical (unpaired) electrons. The molecule has 0 fully saturated rings. The van der Waals surface area contributed by atoms with E-state index < -0.39 is 33.2 Å². The molecule has 0 aromatic rings. The maximum absolute atomic E-state index is 12.7. The smallest absolute Gasteiger partial charge is 0.457 e. The first kappa shape index (κ1) is 64.9. The number of aliphatic hydroxyl groups excluding tert-OH is 2. The van der Waals surface area contributed by atoms with Crippen LogP contribution in [0.1, 0.15) is 284 Å². The molecule has 3 atom stereocenters. The molecule has 0 aromatic heterocycles. The Morgan fingerprint density at radius 2 is 0.818 bits per heavy atom. The molecule has 0 aliphatic rings. The van der Waals surface area contributed by atoms with E-state index in [-0.39, 0.29) is 25.6 Å². The number of phosphoric ester groups is 1. The highest BCUT2D eigenvalue weighted by molar-refractivity contribution is 7.47. The van der Waals surface area contributed by atoms with Gasteiger partial charge in [-0.2, -0.15) is 0 Å². The fourth-order valence-electron chi connectivity index (χ4n) is 8.33. The first-order valence-electron chi connectivity index (χ1n) is 28.3. The summed E-state index contributed by atoms with van der Waals surface area (Å²) in [6.45, 7) is 3.58. The van der Waals surface area contributed by atoms with Crippen molar-refractivity contribution in [1.29, 1.82) is 0 Å². The number of ether oxygens (including phenoxy) is 2. The van der Waals surface area contributed by atoms with Crippen LogP contribution in [-0.4, -0.2) is 66.3 Å². The molecule has 66 heavy (non-hydrogen) atoms. The highest BCUT2D eigenvalue weighted by Gasteiger charge is 2.26. The number of hydrogen-bond acceptors (Lipinski definition) is 8. The van der Waals surface area contributed by atoms with Crippen molar-refractivity contribution in [1.82, 2.24) is 0 Å². The van der Waals surface area contributed by atoms with Gasteiger partial charge in [0, 0.05) is 13.0 Å². The van der Waals surface area contributed by atoms with Gasteiger partial charge in [-0.15, -0.1) is 0 Å². The molecule has 0 bridgehead atoms. The molecule has 0 amide bonds. The van der Waals surface area contributed by atoms with Gasteiger partial charge in [0.05, 0.1) is 26.4 Å². The van der Waals surface area contributed by atoms with Crippen molar-refractivity contribution >= 4 is 13.8 Å². The Morgan fingerprint density at radius 3 is 1.21 bits per heavy atom. The van der Waals surface area contributed by atoms with E-state index in [4.69, 9.17) is 23.6 Å². The van der Waals surface area contributed by atoms with Gasteiger partial charge in [0.2, 0.25) is 0 Å². The van der Waals surface area contributed by atoms with E-state index in [9.17, 15) is 19.4 Å². The van der Waals surface area contributed by atoms with Crippen LogP contribution in [0.2, 0.25) is 0 Å². The van der Waals surface area contributed by atoms with Crippen molar-refractivity contribution in [3.05, 3.63) is 24.3 Å². The normalized spacial score (nSPS) is 13.8. The van der Waals surface area contributed by atoms with E-state index in [1.54, 1.807) is 0 Å². The van der Waals surface area contributed by atoms with E-state index in [2.05, 4.69) is 38.2 Å². The lowest BCUT2D eigenvalue weighted by atomic mass is 10.0. The third-order valence-electron chi connectivity index (χ3n) is 12.6. The van der Waals surface area contributed by atoms with E-state index in [0.29, 0.717) is 6.61 Å². The lowest BCUT2D eigenvalue weighted by Gasteiger charge is -2.20. The van der Waals surface area contributed by atoms with Gasteiger partial charge in [-0.3, -0.25) is 13.8 Å². The van der Waals surface area contributed by atoms with Crippen molar-refractivity contribution in [3.63, 3.8) is 0 Å². The number of aliphatic hydroxyl groups is 2. The molecule has 0 saturated carbocycles. The van der Waals surface area contributed by atoms with Gasteiger partial charge in [-0.05, 0) is 44.9 Å². The molecule has 0 heterocycles. The largest absolute Gasteiger partial charge is 0.472 e. The van der Waals surface area contributed by atoms with E-state index in [1.165, 1.54) is 218 Å². The standard InChI is InChI=1S/C56H109O9P/c1-3-5-7-9-11-13-15-17-19-21-23-25-26-27-29-31-33-35-37-39-41-43-45-47-49-62-52-55(53-64-66(60,61)63-51-54(58)50-57)65-56(59)48-46-44-42-40-38-36-34-32-30-28-24-22-20-18-16-14-12-10-8-6-4-2/h15,17,21,23,54-55,57-58H,3-14,16,18-20,22,24-53H2,1-2H3,(H,60,61)/b17-15-,23-21-. The SMILES string of the molecule is CCCCCCC/C=C\C/C=C\CCCCCCCCCCCCCCOCC(COP(=O)(O)OCC(O)CO)OC(=O)CCCCCCCCCCCCCCCCCCCCCCC. The van der Waals surface area contributed by atoms with Gasteiger partial charge >= 0.3 is 13.8 Å². The fraction of sp³-hybridized carbons (Fsp3) is 0.911. The van der Waals surface area contributed by atoms with Gasteiger partial charge < -0.3 is 24.6 Å². The average Bonchev–Trinajstić information content (AvgIpc) is 3.31. The molecule has 0 aliphatic carbocycles. The van der Waals surface area contributed by atoms with Gasteiger partial charge in [0.15, 0.2) is 0 Å². The minimum Gasteiger partial charge on any atom is -0.457 e. The van der Waals surface area contributed by atoms with Gasteiger partial charge in [-0.1, -0.05) is 256 Å². The molecule has 0 rings (SSSR count). The van der Waals surface area contributed by atoms with Crippen molar-refractivity contribution in [2.45, 2.75) is 296 Å². The van der Waals surface area contributed by atoms with Crippen molar-refractivity contribution in [2.75, 3.05) is 33.0 Å². The summed E-state index contributed by atoms with van der Waals surface area (Å²) in [4.78, 5) is 22.8. The molecule has 392 valence electrons. The van der Waals surface area contributed by atoms with Crippen LogP contribution in [0.3, 0.4) is 0 Å². The van der Waals surface area contributed by atoms with Crippen molar-refractivity contribution < 1.29 is 43.0 Å². The predicted octanol–water partition coefficient (Wildman–Crippen LogP) is 16.9. The van der Waals surface area contributed by atoms with Crippen LogP contribution < -0.4 is 0 Å². The summed E-state index contributed by atoms with van der Waals surface area (Å²) in [5, 5.41) is 18.5. The van der Waals surface area contributed by atoms with Gasteiger partial charge in [-0.25, -0.2) is 4.57 Å².